The molecule has 0 unspecified atom stereocenters. The topological polar surface area (TPSA) is 114 Å². The van der Waals surface area contributed by atoms with Gasteiger partial charge in [-0.25, -0.2) is 4.63 Å². The summed E-state index contributed by atoms with van der Waals surface area (Å²) >= 11 is 0. The molecule has 8 nitrogen and oxygen atoms in total. The largest absolute Gasteiger partial charge is 0.379 e. The average Bonchev–Trinajstić information content (AvgIpc) is 2.88. The third-order valence-corrected chi connectivity index (χ3v) is 2.04. The van der Waals surface area contributed by atoms with Crippen molar-refractivity contribution in [1.29, 1.82) is 0 Å². The second-order valence-electron chi connectivity index (χ2n) is 3.27. The number of carbonyl (C=O) groups excluding carboxylic acids is 1. The Hall–Kier alpha value is -2.38. The van der Waals surface area contributed by atoms with Gasteiger partial charge < -0.3 is 10.6 Å². The Morgan fingerprint density at radius 2 is 2.44 bits per heavy atom. The molecule has 0 atom stereocenters. The van der Waals surface area contributed by atoms with Crippen LogP contribution in [0.3, 0.4) is 0 Å². The lowest BCUT2D eigenvalue weighted by molar-refractivity contribution is 0.0775. The molecule has 0 aliphatic heterocycles. The predicted molar refractivity (Wildman–Crippen MR) is 53.1 cm³/mol. The first-order valence-corrected chi connectivity index (χ1v) is 4.49. The normalized spacial score (nSPS) is 10.3. The van der Waals surface area contributed by atoms with E-state index in [0.29, 0.717) is 6.54 Å². The Labute approximate surface area is 90.4 Å². The number of amides is 1. The van der Waals surface area contributed by atoms with Crippen LogP contribution in [0, 0.1) is 0 Å². The summed E-state index contributed by atoms with van der Waals surface area (Å²) in [6.45, 7) is 0.404. The lowest BCUT2D eigenvalue weighted by Crippen LogP contribution is -2.27. The highest BCUT2D eigenvalue weighted by molar-refractivity contribution is 5.95. The van der Waals surface area contributed by atoms with Crippen molar-refractivity contribution in [3.05, 3.63) is 23.7 Å². The Balaban J connectivity index is 2.08. The summed E-state index contributed by atoms with van der Waals surface area (Å²) in [6.07, 6.45) is 3.34. The fourth-order valence-electron chi connectivity index (χ4n) is 1.23. The summed E-state index contributed by atoms with van der Waals surface area (Å²) in [5, 5.41) is 13.2. The maximum atomic E-state index is 11.8. The number of nitrogens with one attached hydrogen (secondary N) is 1. The second-order valence-corrected chi connectivity index (χ2v) is 3.27. The second kappa shape index (κ2) is 4.01. The fourth-order valence-corrected chi connectivity index (χ4v) is 1.23. The third-order valence-electron chi connectivity index (χ3n) is 2.04. The highest BCUT2D eigenvalue weighted by atomic mass is 16.6. The molecule has 2 aromatic heterocycles. The first kappa shape index (κ1) is 10.1. The molecule has 2 heterocycles. The van der Waals surface area contributed by atoms with E-state index >= 15 is 0 Å². The minimum Gasteiger partial charge on any atom is -0.379 e. The average molecular weight is 222 g/mol. The Bertz CT molecular complexity index is 476. The number of nitrogens with zero attached hydrogens (tertiary/aromatic N) is 4. The van der Waals surface area contributed by atoms with Crippen LogP contribution in [0.4, 0.5) is 5.82 Å². The van der Waals surface area contributed by atoms with Crippen LogP contribution in [0.1, 0.15) is 16.1 Å². The number of hydrogen-bond acceptors (Lipinski definition) is 6. The first-order chi connectivity index (χ1) is 7.68. The van der Waals surface area contributed by atoms with Gasteiger partial charge in [-0.15, -0.1) is 0 Å². The van der Waals surface area contributed by atoms with Crippen molar-refractivity contribution in [2.75, 3.05) is 12.8 Å². The van der Waals surface area contributed by atoms with Crippen molar-refractivity contribution in [2.24, 2.45) is 0 Å². The van der Waals surface area contributed by atoms with Crippen LogP contribution < -0.4 is 5.73 Å². The van der Waals surface area contributed by atoms with Gasteiger partial charge in [0.15, 0.2) is 0 Å². The monoisotopic (exact) mass is 222 g/mol. The summed E-state index contributed by atoms with van der Waals surface area (Å²) in [4.78, 5) is 13.3. The van der Waals surface area contributed by atoms with Crippen LogP contribution in [0.25, 0.3) is 0 Å². The van der Waals surface area contributed by atoms with Gasteiger partial charge in [0, 0.05) is 25.4 Å². The predicted octanol–water partition coefficient (Wildman–Crippen LogP) is -0.353. The smallest absolute Gasteiger partial charge is 0.280 e. The lowest BCUT2D eigenvalue weighted by atomic mass is 10.3. The summed E-state index contributed by atoms with van der Waals surface area (Å²) < 4.78 is 4.36. The van der Waals surface area contributed by atoms with Gasteiger partial charge in [0.05, 0.1) is 6.20 Å². The van der Waals surface area contributed by atoms with E-state index in [4.69, 9.17) is 5.73 Å². The van der Waals surface area contributed by atoms with Crippen molar-refractivity contribution < 1.29 is 9.42 Å². The quantitative estimate of drug-likeness (QED) is 0.733. The van der Waals surface area contributed by atoms with Gasteiger partial charge in [-0.3, -0.25) is 9.89 Å². The lowest BCUT2D eigenvalue weighted by Gasteiger charge is -2.13. The van der Waals surface area contributed by atoms with Crippen molar-refractivity contribution >= 4 is 11.7 Å². The number of aromatic amines is 1. The van der Waals surface area contributed by atoms with E-state index in [0.717, 1.165) is 5.56 Å². The summed E-state index contributed by atoms with van der Waals surface area (Å²) in [5.41, 5.74) is 6.32. The Morgan fingerprint density at radius 1 is 1.62 bits per heavy atom. The van der Waals surface area contributed by atoms with Crippen molar-refractivity contribution in [3.63, 3.8) is 0 Å². The summed E-state index contributed by atoms with van der Waals surface area (Å²) in [5.74, 6) is -0.357. The molecule has 0 aromatic carbocycles. The van der Waals surface area contributed by atoms with Gasteiger partial charge in [-0.2, -0.15) is 5.10 Å². The molecule has 84 valence electrons. The van der Waals surface area contributed by atoms with E-state index in [1.54, 1.807) is 19.4 Å². The van der Waals surface area contributed by atoms with Crippen molar-refractivity contribution in [2.45, 2.75) is 6.54 Å². The molecule has 0 saturated carbocycles. The maximum absolute atomic E-state index is 11.8. The fraction of sp³-hybridized carbons (Fsp3) is 0.250. The zero-order chi connectivity index (χ0) is 11.5. The molecule has 8 heteroatoms. The number of carbonyl (C=O) groups is 1. The third kappa shape index (κ3) is 1.85. The van der Waals surface area contributed by atoms with Gasteiger partial charge in [-0.1, -0.05) is 0 Å². The molecular formula is C8H10N6O2. The maximum Gasteiger partial charge on any atom is 0.280 e. The number of nitrogens with two attached hydrogens (primary N) is 1. The van der Waals surface area contributed by atoms with Gasteiger partial charge in [-0.05, 0) is 10.3 Å². The molecule has 0 saturated heterocycles. The van der Waals surface area contributed by atoms with E-state index < -0.39 is 0 Å². The molecule has 0 fully saturated rings. The molecule has 0 aliphatic rings. The zero-order valence-electron chi connectivity index (χ0n) is 8.54. The molecule has 2 rings (SSSR count). The van der Waals surface area contributed by atoms with Crippen LogP contribution in [-0.2, 0) is 6.54 Å². The standard InChI is InChI=1S/C8H10N6O2/c1-14(4-5-2-10-11-3-5)8(15)6-7(9)13-16-12-6/h2-3H,4H2,1H3,(H2,9,13)(H,10,11). The van der Waals surface area contributed by atoms with Crippen molar-refractivity contribution in [3.8, 4) is 0 Å². The van der Waals surface area contributed by atoms with Crippen LogP contribution in [-0.4, -0.2) is 38.4 Å². The molecule has 0 aliphatic carbocycles. The molecule has 0 spiro atoms. The van der Waals surface area contributed by atoms with E-state index in [9.17, 15) is 4.79 Å². The molecule has 0 bridgehead atoms. The van der Waals surface area contributed by atoms with E-state index in [1.807, 2.05) is 0 Å². The zero-order valence-corrected chi connectivity index (χ0v) is 8.54. The van der Waals surface area contributed by atoms with Crippen molar-refractivity contribution in [1.82, 2.24) is 25.4 Å². The molecule has 3 N–H and O–H groups in total. The Morgan fingerprint density at radius 3 is 3.00 bits per heavy atom. The number of hydrogen-bond donors (Lipinski definition) is 2. The SMILES string of the molecule is CN(Cc1cn[nH]c1)C(=O)c1nonc1N. The first-order valence-electron chi connectivity index (χ1n) is 4.49. The van der Waals surface area contributed by atoms with Crippen LogP contribution in [0.5, 0.6) is 0 Å². The Kier molecular flexibility index (Phi) is 2.54. The molecule has 1 amide bonds. The number of rotatable bonds is 3. The number of H-pyrrole nitrogens is 1. The van der Waals surface area contributed by atoms with Gasteiger partial charge in [0.25, 0.3) is 5.91 Å². The summed E-state index contributed by atoms with van der Waals surface area (Å²) in [6, 6.07) is 0. The number of nitrogen functional groups attached to an aromatic ring is 1. The summed E-state index contributed by atoms with van der Waals surface area (Å²) in [7, 11) is 1.63. The minimum absolute atomic E-state index is 0.0101. The van der Waals surface area contributed by atoms with Gasteiger partial charge in [0.2, 0.25) is 11.5 Å². The van der Waals surface area contributed by atoms with Crippen LogP contribution >= 0.6 is 0 Å². The highest BCUT2D eigenvalue weighted by Crippen LogP contribution is 2.09. The number of aromatic nitrogens is 4. The molecular weight excluding hydrogens is 212 g/mol. The minimum atomic E-state index is -0.347. The molecule has 16 heavy (non-hydrogen) atoms. The molecule has 0 radical (unpaired) electrons. The molecule has 2 aromatic rings. The van der Waals surface area contributed by atoms with E-state index in [2.05, 4.69) is 25.1 Å². The van der Waals surface area contributed by atoms with E-state index in [-0.39, 0.29) is 17.4 Å². The van der Waals surface area contributed by atoms with Gasteiger partial charge in [0.1, 0.15) is 0 Å². The van der Waals surface area contributed by atoms with Gasteiger partial charge >= 0.3 is 0 Å². The van der Waals surface area contributed by atoms with Crippen LogP contribution in [0.15, 0.2) is 17.0 Å². The van der Waals surface area contributed by atoms with E-state index in [1.165, 1.54) is 4.90 Å². The highest BCUT2D eigenvalue weighted by Gasteiger charge is 2.20. The van der Waals surface area contributed by atoms with Crippen LogP contribution in [0.2, 0.25) is 0 Å². The number of anilines is 1.